The zero-order chi connectivity index (χ0) is 16.9. The third-order valence-electron chi connectivity index (χ3n) is 3.70. The van der Waals surface area contributed by atoms with Crippen molar-refractivity contribution in [2.24, 2.45) is 0 Å². The van der Waals surface area contributed by atoms with E-state index in [9.17, 15) is 8.78 Å². The van der Waals surface area contributed by atoms with E-state index in [0.29, 0.717) is 12.1 Å². The van der Waals surface area contributed by atoms with Crippen molar-refractivity contribution >= 4 is 15.0 Å². The van der Waals surface area contributed by atoms with Crippen LogP contribution in [0.25, 0.3) is 0 Å². The molecule has 2 aromatic carbocycles. The molecular formula is C18H17F2N3Se. The van der Waals surface area contributed by atoms with Crippen molar-refractivity contribution in [1.82, 2.24) is 14.8 Å². The predicted octanol–water partition coefficient (Wildman–Crippen LogP) is 3.51. The van der Waals surface area contributed by atoms with Gasteiger partial charge in [-0.1, -0.05) is 0 Å². The SMILES string of the molecule is Cc1ccc(C[Se]C(Cn2cncn2)c2ccc(F)cc2F)cc1. The van der Waals surface area contributed by atoms with E-state index in [-0.39, 0.29) is 19.8 Å². The van der Waals surface area contributed by atoms with Crippen molar-refractivity contribution < 1.29 is 8.78 Å². The second-order valence-electron chi connectivity index (χ2n) is 5.57. The van der Waals surface area contributed by atoms with Crippen molar-refractivity contribution in [3.8, 4) is 0 Å². The summed E-state index contributed by atoms with van der Waals surface area (Å²) in [6.45, 7) is 2.59. The van der Waals surface area contributed by atoms with Gasteiger partial charge in [0.1, 0.15) is 0 Å². The molecule has 1 atom stereocenters. The van der Waals surface area contributed by atoms with E-state index in [2.05, 4.69) is 41.3 Å². The molecule has 0 bridgehead atoms. The number of rotatable bonds is 6. The Labute approximate surface area is 145 Å². The van der Waals surface area contributed by atoms with Gasteiger partial charge in [-0.15, -0.1) is 0 Å². The van der Waals surface area contributed by atoms with Gasteiger partial charge < -0.3 is 0 Å². The summed E-state index contributed by atoms with van der Waals surface area (Å²) in [7, 11) is 0. The number of aromatic nitrogens is 3. The van der Waals surface area contributed by atoms with Crippen LogP contribution in [0.3, 0.4) is 0 Å². The van der Waals surface area contributed by atoms with Crippen LogP contribution in [0.2, 0.25) is 0 Å². The number of benzene rings is 2. The Hall–Kier alpha value is -2.04. The fraction of sp³-hybridized carbons (Fsp3) is 0.222. The van der Waals surface area contributed by atoms with E-state index in [0.717, 1.165) is 11.4 Å². The first-order chi connectivity index (χ1) is 11.6. The van der Waals surface area contributed by atoms with Gasteiger partial charge >= 0.3 is 146 Å². The molecule has 0 N–H and O–H groups in total. The van der Waals surface area contributed by atoms with Crippen molar-refractivity contribution in [3.05, 3.63) is 83.4 Å². The van der Waals surface area contributed by atoms with E-state index < -0.39 is 11.6 Å². The van der Waals surface area contributed by atoms with E-state index in [4.69, 9.17) is 0 Å². The van der Waals surface area contributed by atoms with Crippen LogP contribution in [0.5, 0.6) is 0 Å². The molecule has 3 rings (SSSR count). The Morgan fingerprint density at radius 1 is 1.12 bits per heavy atom. The third kappa shape index (κ3) is 4.28. The summed E-state index contributed by atoms with van der Waals surface area (Å²) in [4.78, 5) is 3.90. The number of halogens is 2. The van der Waals surface area contributed by atoms with Crippen molar-refractivity contribution in [1.29, 1.82) is 0 Å². The number of nitrogens with zero attached hydrogens (tertiary/aromatic N) is 3. The molecule has 0 aliphatic heterocycles. The Morgan fingerprint density at radius 2 is 1.92 bits per heavy atom. The molecule has 0 aliphatic rings. The fourth-order valence-corrected chi connectivity index (χ4v) is 4.93. The first-order valence-electron chi connectivity index (χ1n) is 7.56. The zero-order valence-electron chi connectivity index (χ0n) is 13.2. The Morgan fingerprint density at radius 3 is 2.58 bits per heavy atom. The molecule has 124 valence electrons. The third-order valence-corrected chi connectivity index (χ3v) is 6.44. The zero-order valence-corrected chi connectivity index (χ0v) is 14.9. The normalized spacial score (nSPS) is 12.3. The fourth-order valence-electron chi connectivity index (χ4n) is 2.38. The molecule has 0 spiro atoms. The Kier molecular flexibility index (Phi) is 5.38. The van der Waals surface area contributed by atoms with Crippen molar-refractivity contribution in [2.75, 3.05) is 0 Å². The molecule has 0 aliphatic carbocycles. The first kappa shape index (κ1) is 16.8. The van der Waals surface area contributed by atoms with Gasteiger partial charge in [0, 0.05) is 0 Å². The molecule has 1 heterocycles. The molecule has 24 heavy (non-hydrogen) atoms. The standard InChI is InChI=1S/C18H17F2N3Se/c1-13-2-4-14(5-3-13)10-24-18(9-23-12-21-11-22-23)16-7-6-15(19)8-17(16)20/h2-8,11-12,18H,9-10H2,1H3. The molecule has 6 heteroatoms. The van der Waals surface area contributed by atoms with Crippen molar-refractivity contribution in [2.45, 2.75) is 23.6 Å². The second kappa shape index (κ2) is 7.69. The minimum atomic E-state index is -0.554. The summed E-state index contributed by atoms with van der Waals surface area (Å²) in [5.41, 5.74) is 2.99. The molecular weight excluding hydrogens is 375 g/mol. The molecule has 1 unspecified atom stereocenters. The molecule has 0 radical (unpaired) electrons. The summed E-state index contributed by atoms with van der Waals surface area (Å²) in [6, 6.07) is 12.2. The van der Waals surface area contributed by atoms with Gasteiger partial charge in [0.25, 0.3) is 0 Å². The molecule has 0 fully saturated rings. The molecule has 1 aromatic heterocycles. The van der Waals surface area contributed by atoms with Crippen LogP contribution >= 0.6 is 0 Å². The Bertz CT molecular complexity index is 789. The van der Waals surface area contributed by atoms with Gasteiger partial charge in [0.2, 0.25) is 0 Å². The average molecular weight is 392 g/mol. The molecule has 0 amide bonds. The van der Waals surface area contributed by atoms with Crippen LogP contribution in [0.15, 0.2) is 55.1 Å². The maximum absolute atomic E-state index is 14.2. The molecule has 0 saturated heterocycles. The Balaban J connectivity index is 1.80. The van der Waals surface area contributed by atoms with Crippen LogP contribution in [0.4, 0.5) is 8.78 Å². The summed E-state index contributed by atoms with van der Waals surface area (Å²) < 4.78 is 29.1. The number of hydrogen-bond acceptors (Lipinski definition) is 2. The summed E-state index contributed by atoms with van der Waals surface area (Å²) >= 11 is 0.0971. The van der Waals surface area contributed by atoms with Crippen LogP contribution < -0.4 is 0 Å². The molecule has 0 saturated carbocycles. The topological polar surface area (TPSA) is 30.7 Å². The summed E-state index contributed by atoms with van der Waals surface area (Å²) in [5.74, 6) is -1.05. The second-order valence-corrected chi connectivity index (χ2v) is 8.07. The summed E-state index contributed by atoms with van der Waals surface area (Å²) in [5, 5.41) is 4.99. The van der Waals surface area contributed by atoms with Gasteiger partial charge in [-0.25, -0.2) is 0 Å². The monoisotopic (exact) mass is 393 g/mol. The molecule has 3 nitrogen and oxygen atoms in total. The van der Waals surface area contributed by atoms with Crippen LogP contribution in [-0.2, 0) is 11.9 Å². The number of hydrogen-bond donors (Lipinski definition) is 0. The van der Waals surface area contributed by atoms with Gasteiger partial charge in [-0.05, 0) is 0 Å². The number of aryl methyl sites for hydroxylation is 1. The van der Waals surface area contributed by atoms with Gasteiger partial charge in [0.15, 0.2) is 0 Å². The van der Waals surface area contributed by atoms with Crippen LogP contribution in [0.1, 0.15) is 21.5 Å². The average Bonchev–Trinajstić information content (AvgIpc) is 3.06. The van der Waals surface area contributed by atoms with E-state index in [1.807, 2.05) is 0 Å². The van der Waals surface area contributed by atoms with Crippen LogP contribution in [-0.4, -0.2) is 29.7 Å². The van der Waals surface area contributed by atoms with Crippen LogP contribution in [0, 0.1) is 18.6 Å². The van der Waals surface area contributed by atoms with Crippen molar-refractivity contribution in [3.63, 3.8) is 0 Å². The minimum absolute atomic E-state index is 0.0406. The van der Waals surface area contributed by atoms with Gasteiger partial charge in [0.05, 0.1) is 0 Å². The first-order valence-corrected chi connectivity index (χ1v) is 9.76. The summed E-state index contributed by atoms with van der Waals surface area (Å²) in [6.07, 6.45) is 3.08. The quantitative estimate of drug-likeness (QED) is 0.601. The van der Waals surface area contributed by atoms with Gasteiger partial charge in [-0.3, -0.25) is 0 Å². The predicted molar refractivity (Wildman–Crippen MR) is 89.8 cm³/mol. The van der Waals surface area contributed by atoms with Gasteiger partial charge in [-0.2, -0.15) is 0 Å². The van der Waals surface area contributed by atoms with E-state index in [1.165, 1.54) is 23.5 Å². The van der Waals surface area contributed by atoms with E-state index in [1.54, 1.807) is 17.1 Å². The maximum atomic E-state index is 14.2. The van der Waals surface area contributed by atoms with E-state index >= 15 is 0 Å². The molecule has 3 aromatic rings.